The Kier molecular flexibility index (Phi) is 10.8. The second-order valence-corrected chi connectivity index (χ2v) is 10.0. The van der Waals surface area contributed by atoms with Crippen LogP contribution in [0.25, 0.3) is 0 Å². The van der Waals surface area contributed by atoms with E-state index in [4.69, 9.17) is 9.47 Å². The summed E-state index contributed by atoms with van der Waals surface area (Å²) in [5.41, 5.74) is -0.667. The van der Waals surface area contributed by atoms with Crippen LogP contribution in [-0.2, 0) is 14.3 Å². The largest absolute Gasteiger partial charge is 0.444 e. The molecule has 1 aromatic heterocycles. The Morgan fingerprint density at radius 1 is 1.20 bits per heavy atom. The summed E-state index contributed by atoms with van der Waals surface area (Å²) in [6, 6.07) is 0.0659. The minimum atomic E-state index is -0.511. The van der Waals surface area contributed by atoms with Crippen LogP contribution in [0.15, 0.2) is 11.6 Å². The van der Waals surface area contributed by atoms with Crippen molar-refractivity contribution in [1.29, 1.82) is 0 Å². The summed E-state index contributed by atoms with van der Waals surface area (Å²) >= 11 is 1.48. The standard InChI is InChI=1S/C22H39N3O4S/c1-17(11-10-13-22(5,6)28-7)25(19-23-15-16-30-19)18(26)12-8-9-14-24-20(27)29-21(2,3)4/h15-17H,8-14H2,1-7H3,(H,24,27). The van der Waals surface area contributed by atoms with E-state index in [1.807, 2.05) is 31.1 Å². The number of ether oxygens (including phenoxy) is 2. The molecule has 8 heteroatoms. The number of nitrogens with one attached hydrogen (secondary N) is 1. The molecule has 0 aliphatic carbocycles. The molecular weight excluding hydrogens is 402 g/mol. The first kappa shape index (κ1) is 26.4. The average molecular weight is 442 g/mol. The summed E-state index contributed by atoms with van der Waals surface area (Å²) in [5.74, 6) is 0.0701. The van der Waals surface area contributed by atoms with Crippen LogP contribution in [0, 0.1) is 0 Å². The van der Waals surface area contributed by atoms with Gasteiger partial charge in [-0.2, -0.15) is 0 Å². The molecule has 0 bridgehead atoms. The van der Waals surface area contributed by atoms with Gasteiger partial charge in [0.2, 0.25) is 5.91 Å². The maximum Gasteiger partial charge on any atom is 0.407 e. The topological polar surface area (TPSA) is 80.8 Å². The molecule has 0 saturated heterocycles. The molecule has 1 atom stereocenters. The van der Waals surface area contributed by atoms with Crippen molar-refractivity contribution < 1.29 is 19.1 Å². The average Bonchev–Trinajstić information content (AvgIpc) is 3.14. The van der Waals surface area contributed by atoms with E-state index in [0.717, 1.165) is 24.4 Å². The number of hydrogen-bond donors (Lipinski definition) is 1. The number of methoxy groups -OCH3 is 1. The fraction of sp³-hybridized carbons (Fsp3) is 0.773. The second-order valence-electron chi connectivity index (χ2n) is 9.17. The van der Waals surface area contributed by atoms with Gasteiger partial charge < -0.3 is 14.8 Å². The van der Waals surface area contributed by atoms with Crippen LogP contribution >= 0.6 is 11.3 Å². The van der Waals surface area contributed by atoms with Gasteiger partial charge in [0, 0.05) is 37.7 Å². The van der Waals surface area contributed by atoms with Crippen LogP contribution in [0.2, 0.25) is 0 Å². The van der Waals surface area contributed by atoms with Gasteiger partial charge in [-0.05, 0) is 73.6 Å². The van der Waals surface area contributed by atoms with Gasteiger partial charge in [0.25, 0.3) is 0 Å². The van der Waals surface area contributed by atoms with Gasteiger partial charge in [-0.1, -0.05) is 0 Å². The number of carbonyl (C=O) groups is 2. The smallest absolute Gasteiger partial charge is 0.407 e. The van der Waals surface area contributed by atoms with E-state index in [2.05, 4.69) is 31.1 Å². The minimum absolute atomic E-state index is 0.0659. The predicted octanol–water partition coefficient (Wildman–Crippen LogP) is 5.15. The van der Waals surface area contributed by atoms with Crippen molar-refractivity contribution in [3.8, 4) is 0 Å². The molecule has 0 fully saturated rings. The fourth-order valence-electron chi connectivity index (χ4n) is 2.96. The van der Waals surface area contributed by atoms with E-state index in [1.54, 1.807) is 13.3 Å². The molecule has 1 rings (SSSR count). The van der Waals surface area contributed by atoms with E-state index >= 15 is 0 Å². The Hall–Kier alpha value is -1.67. The molecule has 1 aromatic rings. The molecule has 0 saturated carbocycles. The second kappa shape index (κ2) is 12.2. The zero-order chi connectivity index (χ0) is 22.8. The van der Waals surface area contributed by atoms with E-state index in [1.165, 1.54) is 11.3 Å². The fourth-order valence-corrected chi connectivity index (χ4v) is 3.72. The number of anilines is 1. The highest BCUT2D eigenvalue weighted by atomic mass is 32.1. The van der Waals surface area contributed by atoms with Gasteiger partial charge in [-0.15, -0.1) is 11.3 Å². The first-order valence-electron chi connectivity index (χ1n) is 10.7. The third-order valence-electron chi connectivity index (χ3n) is 4.77. The van der Waals surface area contributed by atoms with E-state index in [-0.39, 0.29) is 17.6 Å². The lowest BCUT2D eigenvalue weighted by Crippen LogP contribution is -2.39. The summed E-state index contributed by atoms with van der Waals surface area (Å²) in [6.45, 7) is 12.2. The molecule has 172 valence electrons. The summed E-state index contributed by atoms with van der Waals surface area (Å²) in [5, 5.41) is 5.36. The summed E-state index contributed by atoms with van der Waals surface area (Å²) < 4.78 is 10.7. The van der Waals surface area contributed by atoms with Crippen LogP contribution < -0.4 is 10.2 Å². The number of thiazole rings is 1. The normalized spacial score (nSPS) is 13.0. The number of nitrogens with zero attached hydrogens (tertiary/aromatic N) is 2. The highest BCUT2D eigenvalue weighted by molar-refractivity contribution is 7.13. The number of hydrogen-bond acceptors (Lipinski definition) is 6. The Morgan fingerprint density at radius 3 is 2.47 bits per heavy atom. The molecule has 0 aromatic carbocycles. The molecule has 0 aliphatic heterocycles. The monoisotopic (exact) mass is 441 g/mol. The van der Waals surface area contributed by atoms with Crippen LogP contribution in [-0.4, -0.2) is 47.9 Å². The Labute approximate surface area is 185 Å². The molecule has 0 radical (unpaired) electrons. The number of amides is 2. The van der Waals surface area contributed by atoms with E-state index < -0.39 is 11.7 Å². The van der Waals surface area contributed by atoms with E-state index in [0.29, 0.717) is 25.8 Å². The zero-order valence-corrected chi connectivity index (χ0v) is 20.4. The Morgan fingerprint density at radius 2 is 1.90 bits per heavy atom. The SMILES string of the molecule is COC(C)(C)CCCC(C)N(C(=O)CCCCNC(=O)OC(C)(C)C)c1nccs1. The van der Waals surface area contributed by atoms with Crippen LogP contribution in [0.4, 0.5) is 9.93 Å². The Balaban J connectivity index is 2.49. The third-order valence-corrected chi connectivity index (χ3v) is 5.54. The van der Waals surface area contributed by atoms with Gasteiger partial charge in [-0.25, -0.2) is 9.78 Å². The molecule has 0 aliphatic rings. The third kappa shape index (κ3) is 10.4. The lowest BCUT2D eigenvalue weighted by Gasteiger charge is -2.29. The van der Waals surface area contributed by atoms with Crippen LogP contribution in [0.3, 0.4) is 0 Å². The van der Waals surface area contributed by atoms with Crippen molar-refractivity contribution in [2.45, 2.75) is 97.3 Å². The molecule has 1 N–H and O–H groups in total. The van der Waals surface area contributed by atoms with Gasteiger partial charge in [-0.3, -0.25) is 9.69 Å². The number of aromatic nitrogens is 1. The molecule has 2 amide bonds. The van der Waals surface area contributed by atoms with Crippen LogP contribution in [0.1, 0.15) is 80.1 Å². The molecule has 0 spiro atoms. The summed E-state index contributed by atoms with van der Waals surface area (Å²) in [4.78, 5) is 30.8. The number of unbranched alkanes of at least 4 members (excludes halogenated alkanes) is 1. The zero-order valence-electron chi connectivity index (χ0n) is 19.6. The van der Waals surface area contributed by atoms with Crippen molar-refractivity contribution in [1.82, 2.24) is 10.3 Å². The van der Waals surface area contributed by atoms with Crippen molar-refractivity contribution in [3.05, 3.63) is 11.6 Å². The maximum absolute atomic E-state index is 12.9. The predicted molar refractivity (Wildman–Crippen MR) is 122 cm³/mol. The summed E-state index contributed by atoms with van der Waals surface area (Å²) in [7, 11) is 1.73. The molecule has 1 heterocycles. The van der Waals surface area contributed by atoms with Gasteiger partial charge in [0.15, 0.2) is 5.13 Å². The highest BCUT2D eigenvalue weighted by Crippen LogP contribution is 2.25. The van der Waals surface area contributed by atoms with Crippen molar-refractivity contribution in [2.24, 2.45) is 0 Å². The molecule has 30 heavy (non-hydrogen) atoms. The lowest BCUT2D eigenvalue weighted by atomic mass is 9.99. The molecular formula is C22H39N3O4S. The number of carbonyl (C=O) groups excluding carboxylic acids is 2. The Bertz CT molecular complexity index is 641. The first-order chi connectivity index (χ1) is 13.9. The van der Waals surface area contributed by atoms with Crippen LogP contribution in [0.5, 0.6) is 0 Å². The first-order valence-corrected chi connectivity index (χ1v) is 11.6. The van der Waals surface area contributed by atoms with Gasteiger partial charge in [0.05, 0.1) is 5.60 Å². The number of rotatable bonds is 12. The van der Waals surface area contributed by atoms with Gasteiger partial charge in [0.1, 0.15) is 5.60 Å². The quantitative estimate of drug-likeness (QED) is 0.453. The molecule has 7 nitrogen and oxygen atoms in total. The number of alkyl carbamates (subject to hydrolysis) is 1. The maximum atomic E-state index is 12.9. The van der Waals surface area contributed by atoms with Crippen molar-refractivity contribution >= 4 is 28.5 Å². The van der Waals surface area contributed by atoms with Gasteiger partial charge >= 0.3 is 6.09 Å². The molecule has 1 unspecified atom stereocenters. The summed E-state index contributed by atoms with van der Waals surface area (Å²) in [6.07, 6.45) is 5.92. The lowest BCUT2D eigenvalue weighted by molar-refractivity contribution is -0.119. The minimum Gasteiger partial charge on any atom is -0.444 e. The van der Waals surface area contributed by atoms with E-state index in [9.17, 15) is 9.59 Å². The highest BCUT2D eigenvalue weighted by Gasteiger charge is 2.25. The van der Waals surface area contributed by atoms with Crippen molar-refractivity contribution in [2.75, 3.05) is 18.6 Å². The van der Waals surface area contributed by atoms with Crippen molar-refractivity contribution in [3.63, 3.8) is 0 Å².